The zero-order valence-electron chi connectivity index (χ0n) is 19.5. The van der Waals surface area contributed by atoms with E-state index in [0.717, 1.165) is 24.3 Å². The van der Waals surface area contributed by atoms with Crippen molar-refractivity contribution < 1.29 is 89.8 Å². The van der Waals surface area contributed by atoms with Crippen molar-refractivity contribution in [1.29, 1.82) is 0 Å². The third kappa shape index (κ3) is 9.00. The summed E-state index contributed by atoms with van der Waals surface area (Å²) in [6.45, 7) is 0. The van der Waals surface area contributed by atoms with Gasteiger partial charge < -0.3 is 24.5 Å². The van der Waals surface area contributed by atoms with E-state index in [1.54, 1.807) is 30.3 Å². The van der Waals surface area contributed by atoms with E-state index in [0.29, 0.717) is 17.1 Å². The number of benzene rings is 3. The summed E-state index contributed by atoms with van der Waals surface area (Å²) in [7, 11) is -9.19. The van der Waals surface area contributed by atoms with Gasteiger partial charge in [0.05, 0.1) is 9.79 Å². The van der Waals surface area contributed by atoms with Crippen LogP contribution >= 0.6 is 0 Å². The van der Waals surface area contributed by atoms with Crippen LogP contribution < -0.4 is 74.5 Å². The molecule has 1 heterocycles. The average Bonchev–Trinajstić information content (AvgIpc) is 2.79. The van der Waals surface area contributed by atoms with E-state index in [9.17, 15) is 25.9 Å². The molecule has 0 saturated carbocycles. The molecule has 0 aliphatic rings. The van der Waals surface area contributed by atoms with Crippen LogP contribution in [0.2, 0.25) is 0 Å². The standard InChI is InChI=1S/C21H17N5O7S2.2Na/c27-34(28,29)17-10-6-14(7-11-17)22-19-24-20(23-15-8-12-18(13-9-15)35(30,31)32)26-21(25-19)33-16-4-2-1-3-5-16;;/h1-13H,(H,27,28,29)(H,30,31,32)(H2,22,23,24,25,26);;/q;2*+1/p-2. The summed E-state index contributed by atoms with van der Waals surface area (Å²) in [4.78, 5) is 11.8. The normalized spacial score (nSPS) is 11.0. The molecule has 180 valence electrons. The van der Waals surface area contributed by atoms with E-state index in [4.69, 9.17) is 4.74 Å². The van der Waals surface area contributed by atoms with Gasteiger partial charge in [-0.25, -0.2) is 16.8 Å². The summed E-state index contributed by atoms with van der Waals surface area (Å²) < 4.78 is 72.5. The molecule has 12 nitrogen and oxygen atoms in total. The summed E-state index contributed by atoms with van der Waals surface area (Å²) in [6.07, 6.45) is 0. The molecule has 0 amide bonds. The van der Waals surface area contributed by atoms with Crippen LogP contribution in [0.4, 0.5) is 23.3 Å². The van der Waals surface area contributed by atoms with Crippen LogP contribution in [-0.2, 0) is 20.2 Å². The molecule has 37 heavy (non-hydrogen) atoms. The third-order valence-electron chi connectivity index (χ3n) is 4.37. The fraction of sp³-hybridized carbons (Fsp3) is 0. The number of para-hydroxylation sites is 1. The minimum Gasteiger partial charge on any atom is -0.744 e. The molecule has 0 radical (unpaired) electrons. The molecule has 4 aromatic rings. The molecule has 0 spiro atoms. The van der Waals surface area contributed by atoms with Crippen molar-refractivity contribution in [3.05, 3.63) is 78.9 Å². The second-order valence-electron chi connectivity index (χ2n) is 6.89. The van der Waals surface area contributed by atoms with Crippen molar-refractivity contribution in [2.45, 2.75) is 9.79 Å². The van der Waals surface area contributed by atoms with Gasteiger partial charge in [-0.05, 0) is 60.7 Å². The van der Waals surface area contributed by atoms with Crippen molar-refractivity contribution in [2.75, 3.05) is 10.6 Å². The maximum atomic E-state index is 11.1. The number of rotatable bonds is 8. The number of anilines is 4. The Balaban J connectivity index is 0.00000241. The molecule has 0 aliphatic heterocycles. The zero-order valence-corrected chi connectivity index (χ0v) is 25.2. The van der Waals surface area contributed by atoms with Gasteiger partial charge in [-0.2, -0.15) is 15.0 Å². The Hall–Kier alpha value is -2.11. The van der Waals surface area contributed by atoms with Gasteiger partial charge in [-0.3, -0.25) is 0 Å². The molecular weight excluding hydrogens is 544 g/mol. The van der Waals surface area contributed by atoms with E-state index in [1.807, 2.05) is 0 Å². The van der Waals surface area contributed by atoms with Crippen LogP contribution in [-0.4, -0.2) is 40.9 Å². The molecule has 0 fully saturated rings. The van der Waals surface area contributed by atoms with Crippen LogP contribution in [0.1, 0.15) is 0 Å². The summed E-state index contributed by atoms with van der Waals surface area (Å²) in [5.41, 5.74) is 0.760. The minimum atomic E-state index is -4.59. The van der Waals surface area contributed by atoms with Gasteiger partial charge in [0.25, 0.3) is 0 Å². The molecular formula is C21H15N5Na2O7S2. The molecule has 0 unspecified atom stereocenters. The van der Waals surface area contributed by atoms with Crippen LogP contribution in [0, 0.1) is 0 Å². The van der Waals surface area contributed by atoms with Crippen molar-refractivity contribution in [3.63, 3.8) is 0 Å². The SMILES string of the molecule is O=S(=O)([O-])c1ccc(Nc2nc(Nc3ccc(S(=O)(=O)[O-])cc3)nc(Oc3ccccc3)n2)cc1.[Na+].[Na+]. The quantitative estimate of drug-likeness (QED) is 0.165. The number of hydrogen-bond donors (Lipinski definition) is 2. The topological polar surface area (TPSA) is 186 Å². The Kier molecular flexibility index (Phi) is 11.0. The van der Waals surface area contributed by atoms with E-state index in [2.05, 4.69) is 25.6 Å². The first-order chi connectivity index (χ1) is 16.6. The molecule has 0 bridgehead atoms. The largest absolute Gasteiger partial charge is 1.00 e. The van der Waals surface area contributed by atoms with Crippen molar-refractivity contribution in [3.8, 4) is 11.8 Å². The van der Waals surface area contributed by atoms with Crippen molar-refractivity contribution in [1.82, 2.24) is 15.0 Å². The summed E-state index contributed by atoms with van der Waals surface area (Å²) in [5.74, 6) is 0.487. The number of ether oxygens (including phenoxy) is 1. The first-order valence-electron chi connectivity index (χ1n) is 9.71. The van der Waals surface area contributed by atoms with Gasteiger partial charge in [0.2, 0.25) is 11.9 Å². The Morgan fingerprint density at radius 2 is 1.00 bits per heavy atom. The Bertz CT molecular complexity index is 1460. The predicted molar refractivity (Wildman–Crippen MR) is 122 cm³/mol. The molecule has 1 aromatic heterocycles. The molecule has 0 saturated heterocycles. The van der Waals surface area contributed by atoms with Crippen molar-refractivity contribution >= 4 is 43.5 Å². The second-order valence-corrected chi connectivity index (χ2v) is 9.65. The number of nitrogens with zero attached hydrogens (tertiary/aromatic N) is 3. The summed E-state index contributed by atoms with van der Waals surface area (Å²) in [5, 5.41) is 5.73. The Labute approximate surface area is 257 Å². The smallest absolute Gasteiger partial charge is 0.744 e. The van der Waals surface area contributed by atoms with Crippen LogP contribution in [0.3, 0.4) is 0 Å². The van der Waals surface area contributed by atoms with Crippen LogP contribution in [0.5, 0.6) is 11.8 Å². The second kappa shape index (κ2) is 13.1. The fourth-order valence-electron chi connectivity index (χ4n) is 2.78. The molecule has 16 heteroatoms. The monoisotopic (exact) mass is 559 g/mol. The maximum absolute atomic E-state index is 11.1. The van der Waals surface area contributed by atoms with E-state index >= 15 is 0 Å². The van der Waals surface area contributed by atoms with E-state index in [-0.39, 0.29) is 77.0 Å². The molecule has 3 aromatic carbocycles. The maximum Gasteiger partial charge on any atom is 1.00 e. The van der Waals surface area contributed by atoms with Crippen LogP contribution in [0.15, 0.2) is 88.7 Å². The van der Waals surface area contributed by atoms with Gasteiger partial charge in [-0.15, -0.1) is 0 Å². The first-order valence-corrected chi connectivity index (χ1v) is 12.5. The predicted octanol–water partition coefficient (Wildman–Crippen LogP) is -3.03. The fourth-order valence-corrected chi connectivity index (χ4v) is 3.71. The number of aromatic nitrogens is 3. The van der Waals surface area contributed by atoms with Gasteiger partial charge in [-0.1, -0.05) is 18.2 Å². The van der Waals surface area contributed by atoms with Gasteiger partial charge >= 0.3 is 65.1 Å². The Morgan fingerprint density at radius 3 is 1.38 bits per heavy atom. The van der Waals surface area contributed by atoms with Crippen molar-refractivity contribution in [2.24, 2.45) is 0 Å². The molecule has 2 N–H and O–H groups in total. The molecule has 0 atom stereocenters. The van der Waals surface area contributed by atoms with E-state index in [1.165, 1.54) is 24.3 Å². The zero-order chi connectivity index (χ0) is 25.1. The van der Waals surface area contributed by atoms with Gasteiger partial charge in [0.15, 0.2) is 0 Å². The first kappa shape index (κ1) is 31.1. The van der Waals surface area contributed by atoms with Crippen LogP contribution in [0.25, 0.3) is 0 Å². The summed E-state index contributed by atoms with van der Waals surface area (Å²) in [6, 6.07) is 18.6. The Morgan fingerprint density at radius 1 is 0.595 bits per heavy atom. The number of hydrogen-bond acceptors (Lipinski definition) is 12. The average molecular weight is 559 g/mol. The van der Waals surface area contributed by atoms with Gasteiger partial charge in [0.1, 0.15) is 26.0 Å². The van der Waals surface area contributed by atoms with E-state index < -0.39 is 30.0 Å². The van der Waals surface area contributed by atoms with Gasteiger partial charge in [0, 0.05) is 11.4 Å². The molecule has 0 aliphatic carbocycles. The summed E-state index contributed by atoms with van der Waals surface area (Å²) >= 11 is 0. The minimum absolute atomic E-state index is 0. The third-order valence-corrected chi connectivity index (χ3v) is 6.06. The molecule has 4 rings (SSSR count). The number of nitrogens with one attached hydrogen (secondary N) is 2.